The van der Waals surface area contributed by atoms with Crippen molar-refractivity contribution in [2.45, 2.75) is 6.42 Å². The number of nitro groups is 1. The summed E-state index contributed by atoms with van der Waals surface area (Å²) >= 11 is 0. The summed E-state index contributed by atoms with van der Waals surface area (Å²) in [4.78, 5) is 30.3. The zero-order chi connectivity index (χ0) is 21.3. The predicted molar refractivity (Wildman–Crippen MR) is 110 cm³/mol. The number of halogens is 1. The number of aromatic amines is 1. The Morgan fingerprint density at radius 2 is 1.97 bits per heavy atom. The van der Waals surface area contributed by atoms with Crippen LogP contribution in [0.4, 0.5) is 15.8 Å². The van der Waals surface area contributed by atoms with Crippen LogP contribution in [0.25, 0.3) is 10.9 Å². The predicted octanol–water partition coefficient (Wildman–Crippen LogP) is 3.12. The molecule has 1 aliphatic rings. The number of amides is 1. The maximum absolute atomic E-state index is 13.9. The van der Waals surface area contributed by atoms with Crippen molar-refractivity contribution < 1.29 is 18.8 Å². The zero-order valence-corrected chi connectivity index (χ0v) is 16.4. The number of nitrogens with one attached hydrogen (secondary N) is 1. The summed E-state index contributed by atoms with van der Waals surface area (Å²) in [6.07, 6.45) is 2.14. The zero-order valence-electron chi connectivity index (χ0n) is 16.4. The number of nitro benzene ring substituents is 1. The average molecular weight is 412 g/mol. The molecule has 4 rings (SSSR count). The number of H-pyrrole nitrogens is 1. The summed E-state index contributed by atoms with van der Waals surface area (Å²) in [5, 5.41) is 12.4. The highest BCUT2D eigenvalue weighted by Gasteiger charge is 2.28. The maximum Gasteiger partial charge on any atom is 0.295 e. The van der Waals surface area contributed by atoms with Gasteiger partial charge >= 0.3 is 0 Å². The van der Waals surface area contributed by atoms with Crippen LogP contribution in [0.2, 0.25) is 0 Å². The lowest BCUT2D eigenvalue weighted by Gasteiger charge is -2.36. The third-order valence-electron chi connectivity index (χ3n) is 5.44. The second-order valence-corrected chi connectivity index (χ2v) is 7.14. The highest BCUT2D eigenvalue weighted by Crippen LogP contribution is 2.35. The smallest absolute Gasteiger partial charge is 0.295 e. The largest absolute Gasteiger partial charge is 0.494 e. The molecule has 3 aromatic rings. The van der Waals surface area contributed by atoms with Gasteiger partial charge in [-0.05, 0) is 11.6 Å². The quantitative estimate of drug-likeness (QED) is 0.514. The molecule has 1 amide bonds. The minimum Gasteiger partial charge on any atom is -0.494 e. The van der Waals surface area contributed by atoms with E-state index in [2.05, 4.69) is 4.98 Å². The Labute approximate surface area is 172 Å². The number of para-hydroxylation sites is 1. The number of anilines is 1. The fourth-order valence-corrected chi connectivity index (χ4v) is 3.84. The van der Waals surface area contributed by atoms with Crippen LogP contribution in [0.5, 0.6) is 5.75 Å². The molecule has 1 N–H and O–H groups in total. The molecule has 2 aromatic carbocycles. The fourth-order valence-electron chi connectivity index (χ4n) is 3.84. The lowest BCUT2D eigenvalue weighted by molar-refractivity contribution is -0.384. The van der Waals surface area contributed by atoms with E-state index >= 15 is 0 Å². The van der Waals surface area contributed by atoms with Crippen LogP contribution in [-0.2, 0) is 11.2 Å². The molecule has 9 heteroatoms. The van der Waals surface area contributed by atoms with Gasteiger partial charge in [-0.25, -0.2) is 4.39 Å². The highest BCUT2D eigenvalue weighted by molar-refractivity contribution is 5.89. The molecular formula is C21H21FN4O4. The molecule has 1 saturated heterocycles. The van der Waals surface area contributed by atoms with E-state index in [0.717, 1.165) is 22.5 Å². The van der Waals surface area contributed by atoms with Gasteiger partial charge in [0.25, 0.3) is 5.69 Å². The molecule has 1 fully saturated rings. The molecule has 30 heavy (non-hydrogen) atoms. The van der Waals surface area contributed by atoms with Gasteiger partial charge in [0.1, 0.15) is 5.69 Å². The van der Waals surface area contributed by atoms with E-state index in [-0.39, 0.29) is 23.8 Å². The van der Waals surface area contributed by atoms with Crippen molar-refractivity contribution in [3.8, 4) is 5.75 Å². The summed E-state index contributed by atoms with van der Waals surface area (Å²) in [7, 11) is 1.31. The Morgan fingerprint density at radius 1 is 1.23 bits per heavy atom. The van der Waals surface area contributed by atoms with Crippen molar-refractivity contribution in [3.63, 3.8) is 0 Å². The van der Waals surface area contributed by atoms with E-state index in [9.17, 15) is 19.3 Å². The van der Waals surface area contributed by atoms with E-state index in [1.807, 2.05) is 30.5 Å². The number of carbonyl (C=O) groups excluding carboxylic acids is 1. The van der Waals surface area contributed by atoms with Gasteiger partial charge in [-0.3, -0.25) is 14.9 Å². The Kier molecular flexibility index (Phi) is 5.26. The summed E-state index contributed by atoms with van der Waals surface area (Å²) < 4.78 is 18.9. The molecule has 0 unspecified atom stereocenters. The number of carbonyl (C=O) groups is 1. The number of ether oxygens (including phenoxy) is 1. The number of aromatic nitrogens is 1. The number of hydrogen-bond donors (Lipinski definition) is 1. The topological polar surface area (TPSA) is 91.7 Å². The molecule has 0 atom stereocenters. The Morgan fingerprint density at radius 3 is 2.67 bits per heavy atom. The number of benzene rings is 2. The van der Waals surface area contributed by atoms with Crippen molar-refractivity contribution in [1.29, 1.82) is 0 Å². The minimum atomic E-state index is -0.777. The standard InChI is InChI=1S/C21H21FN4O4/c1-30-20-12-18(19(26(28)29)11-16(20)22)24-6-8-25(9-7-24)21(27)10-14-13-23-17-5-3-2-4-15(14)17/h2-5,11-13,23H,6-10H2,1H3. The van der Waals surface area contributed by atoms with Crippen LogP contribution >= 0.6 is 0 Å². The first kappa shape index (κ1) is 19.7. The van der Waals surface area contributed by atoms with Gasteiger partial charge in [-0.2, -0.15) is 0 Å². The summed E-state index contributed by atoms with van der Waals surface area (Å²) in [5.41, 5.74) is 1.91. The third kappa shape index (κ3) is 3.66. The second kappa shape index (κ2) is 8.02. The van der Waals surface area contributed by atoms with Gasteiger partial charge in [-0.1, -0.05) is 18.2 Å². The van der Waals surface area contributed by atoms with Gasteiger partial charge in [0.05, 0.1) is 24.5 Å². The number of nitrogens with zero attached hydrogens (tertiary/aromatic N) is 3. The highest BCUT2D eigenvalue weighted by atomic mass is 19.1. The molecule has 156 valence electrons. The SMILES string of the molecule is COc1cc(N2CCN(C(=O)Cc3c[nH]c4ccccc34)CC2)c([N+](=O)[O-])cc1F. The molecular weight excluding hydrogens is 391 g/mol. The van der Waals surface area contributed by atoms with E-state index in [0.29, 0.717) is 31.9 Å². The van der Waals surface area contributed by atoms with E-state index < -0.39 is 10.7 Å². The van der Waals surface area contributed by atoms with Gasteiger partial charge in [0.2, 0.25) is 5.91 Å². The monoisotopic (exact) mass is 412 g/mol. The second-order valence-electron chi connectivity index (χ2n) is 7.14. The van der Waals surface area contributed by atoms with Gasteiger partial charge < -0.3 is 19.5 Å². The molecule has 0 spiro atoms. The number of fused-ring (bicyclic) bond motifs is 1. The van der Waals surface area contributed by atoms with Crippen LogP contribution < -0.4 is 9.64 Å². The lowest BCUT2D eigenvalue weighted by Crippen LogP contribution is -2.49. The first-order valence-electron chi connectivity index (χ1n) is 9.57. The molecule has 1 aliphatic heterocycles. The van der Waals surface area contributed by atoms with Crippen LogP contribution in [0.3, 0.4) is 0 Å². The molecule has 8 nitrogen and oxygen atoms in total. The van der Waals surface area contributed by atoms with E-state index in [1.165, 1.54) is 13.2 Å². The first-order valence-corrected chi connectivity index (χ1v) is 9.57. The molecule has 0 saturated carbocycles. The van der Waals surface area contributed by atoms with Crippen molar-refractivity contribution >= 4 is 28.2 Å². The molecule has 1 aromatic heterocycles. The number of rotatable bonds is 5. The molecule has 0 radical (unpaired) electrons. The van der Waals surface area contributed by atoms with E-state index in [4.69, 9.17) is 4.74 Å². The van der Waals surface area contributed by atoms with Crippen LogP contribution in [-0.4, -0.2) is 54.0 Å². The van der Waals surface area contributed by atoms with Crippen LogP contribution in [0.15, 0.2) is 42.6 Å². The van der Waals surface area contributed by atoms with Crippen molar-refractivity contribution in [3.05, 3.63) is 64.1 Å². The number of hydrogen-bond acceptors (Lipinski definition) is 5. The third-order valence-corrected chi connectivity index (χ3v) is 5.44. The van der Waals surface area contributed by atoms with Gasteiger partial charge in [0, 0.05) is 49.3 Å². The van der Waals surface area contributed by atoms with Crippen molar-refractivity contribution in [2.75, 3.05) is 38.2 Å². The molecule has 0 bridgehead atoms. The summed E-state index contributed by atoms with van der Waals surface area (Å²) in [5.74, 6) is -0.820. The molecule has 0 aliphatic carbocycles. The minimum absolute atomic E-state index is 0.00518. The maximum atomic E-state index is 13.9. The van der Waals surface area contributed by atoms with Gasteiger partial charge in [0.15, 0.2) is 11.6 Å². The summed E-state index contributed by atoms with van der Waals surface area (Å²) in [6.45, 7) is 1.68. The van der Waals surface area contributed by atoms with Crippen LogP contribution in [0.1, 0.15) is 5.56 Å². The van der Waals surface area contributed by atoms with E-state index in [1.54, 1.807) is 9.80 Å². The van der Waals surface area contributed by atoms with Crippen molar-refractivity contribution in [1.82, 2.24) is 9.88 Å². The summed E-state index contributed by atoms with van der Waals surface area (Å²) in [6, 6.07) is 10.0. The van der Waals surface area contributed by atoms with Crippen LogP contribution in [0, 0.1) is 15.9 Å². The van der Waals surface area contributed by atoms with Crippen molar-refractivity contribution in [2.24, 2.45) is 0 Å². The first-order chi connectivity index (χ1) is 14.5. The lowest BCUT2D eigenvalue weighted by atomic mass is 10.1. The van der Waals surface area contributed by atoms with Gasteiger partial charge in [-0.15, -0.1) is 0 Å². The normalized spacial score (nSPS) is 14.2. The fraction of sp³-hybridized carbons (Fsp3) is 0.286. The average Bonchev–Trinajstić information content (AvgIpc) is 3.16. The Hall–Kier alpha value is -3.62. The molecule has 2 heterocycles. The Bertz CT molecular complexity index is 1110. The number of methoxy groups -OCH3 is 1. The Balaban J connectivity index is 1.46. The number of piperazine rings is 1.